The van der Waals surface area contributed by atoms with E-state index in [0.717, 1.165) is 71.5 Å². The number of nitrogens with zero attached hydrogens (tertiary/aromatic N) is 3. The molecule has 0 unspecified atom stereocenters. The standard InChI is InChI=1S/C22H30N4OS2/c1-5-27-11-7-10-23-20-19-18(25-22(26-20)28-4)17-15-9-6-8-14(15)16(12-13(2)3)24-21(17)29-19/h13H,5-12H2,1-4H3,(H,23,25,26). The molecule has 4 rings (SSSR count). The van der Waals surface area contributed by atoms with Gasteiger partial charge in [0.2, 0.25) is 0 Å². The van der Waals surface area contributed by atoms with Crippen LogP contribution < -0.4 is 5.32 Å². The van der Waals surface area contributed by atoms with E-state index < -0.39 is 0 Å². The van der Waals surface area contributed by atoms with Gasteiger partial charge < -0.3 is 10.1 Å². The van der Waals surface area contributed by atoms with Gasteiger partial charge in [0.25, 0.3) is 0 Å². The Morgan fingerprint density at radius 2 is 2.00 bits per heavy atom. The summed E-state index contributed by atoms with van der Waals surface area (Å²) >= 11 is 3.34. The molecule has 3 aromatic heterocycles. The van der Waals surface area contributed by atoms with Crippen LogP contribution in [-0.4, -0.2) is 41.0 Å². The zero-order valence-corrected chi connectivity index (χ0v) is 19.4. The number of fused-ring (bicyclic) bond motifs is 5. The molecule has 0 saturated carbocycles. The van der Waals surface area contributed by atoms with E-state index in [0.29, 0.717) is 5.92 Å². The molecule has 3 heterocycles. The van der Waals surface area contributed by atoms with Crippen molar-refractivity contribution in [1.82, 2.24) is 15.0 Å². The van der Waals surface area contributed by atoms with Crippen molar-refractivity contribution in [2.45, 2.75) is 58.0 Å². The van der Waals surface area contributed by atoms with Crippen molar-refractivity contribution in [2.75, 3.05) is 31.3 Å². The molecule has 0 fully saturated rings. The van der Waals surface area contributed by atoms with Gasteiger partial charge in [-0.1, -0.05) is 25.6 Å². The summed E-state index contributed by atoms with van der Waals surface area (Å²) in [5, 5.41) is 5.63. The first-order valence-electron chi connectivity index (χ1n) is 10.6. The van der Waals surface area contributed by atoms with Gasteiger partial charge in [0.1, 0.15) is 10.6 Å². The summed E-state index contributed by atoms with van der Waals surface area (Å²) in [7, 11) is 0. The Morgan fingerprint density at radius 3 is 2.76 bits per heavy atom. The summed E-state index contributed by atoms with van der Waals surface area (Å²) in [6.45, 7) is 8.96. The molecular formula is C22H30N4OS2. The van der Waals surface area contributed by atoms with E-state index in [1.54, 1.807) is 23.1 Å². The lowest BCUT2D eigenvalue weighted by molar-refractivity contribution is 0.147. The largest absolute Gasteiger partial charge is 0.382 e. The van der Waals surface area contributed by atoms with Gasteiger partial charge in [0.05, 0.1) is 10.2 Å². The Bertz CT molecular complexity index is 1020. The van der Waals surface area contributed by atoms with Crippen molar-refractivity contribution < 1.29 is 4.74 Å². The van der Waals surface area contributed by atoms with Gasteiger partial charge in [0, 0.05) is 30.8 Å². The maximum Gasteiger partial charge on any atom is 0.189 e. The molecule has 7 heteroatoms. The SMILES string of the molecule is CCOCCCNc1nc(SC)nc2c1sc1nc(CC(C)C)c3c(c12)CCC3. The maximum atomic E-state index is 5.46. The van der Waals surface area contributed by atoms with Gasteiger partial charge in [-0.05, 0) is 62.3 Å². The van der Waals surface area contributed by atoms with Gasteiger partial charge in [-0.3, -0.25) is 0 Å². The Morgan fingerprint density at radius 1 is 1.17 bits per heavy atom. The molecule has 0 atom stereocenters. The van der Waals surface area contributed by atoms with Crippen molar-refractivity contribution >= 4 is 49.3 Å². The highest BCUT2D eigenvalue weighted by molar-refractivity contribution is 7.98. The van der Waals surface area contributed by atoms with Crippen LogP contribution in [0.25, 0.3) is 20.4 Å². The predicted octanol–water partition coefficient (Wildman–Crippen LogP) is 5.49. The van der Waals surface area contributed by atoms with E-state index in [4.69, 9.17) is 19.7 Å². The van der Waals surface area contributed by atoms with Gasteiger partial charge in [0.15, 0.2) is 5.16 Å². The van der Waals surface area contributed by atoms with E-state index in [-0.39, 0.29) is 0 Å². The van der Waals surface area contributed by atoms with Crippen molar-refractivity contribution in [3.63, 3.8) is 0 Å². The number of anilines is 1. The fourth-order valence-electron chi connectivity index (χ4n) is 4.12. The first-order valence-corrected chi connectivity index (χ1v) is 12.7. The number of hydrogen-bond acceptors (Lipinski definition) is 7. The summed E-state index contributed by atoms with van der Waals surface area (Å²) in [5.74, 6) is 1.56. The average molecular weight is 431 g/mol. The number of nitrogens with one attached hydrogen (secondary N) is 1. The average Bonchev–Trinajstić information content (AvgIpc) is 3.31. The molecule has 0 radical (unpaired) electrons. The minimum atomic E-state index is 0.615. The Hall–Kier alpha value is -1.44. The highest BCUT2D eigenvalue weighted by Gasteiger charge is 2.25. The van der Waals surface area contributed by atoms with Crippen LogP contribution in [0.5, 0.6) is 0 Å². The summed E-state index contributed by atoms with van der Waals surface area (Å²) < 4.78 is 6.60. The maximum absolute atomic E-state index is 5.46. The van der Waals surface area contributed by atoms with Crippen LogP contribution in [0.15, 0.2) is 5.16 Å². The van der Waals surface area contributed by atoms with Crippen LogP contribution in [0.3, 0.4) is 0 Å². The highest BCUT2D eigenvalue weighted by Crippen LogP contribution is 2.42. The molecule has 29 heavy (non-hydrogen) atoms. The van der Waals surface area contributed by atoms with Gasteiger partial charge in [-0.15, -0.1) is 11.3 Å². The number of rotatable bonds is 9. The van der Waals surface area contributed by atoms with Crippen LogP contribution in [0, 0.1) is 5.92 Å². The van der Waals surface area contributed by atoms with Crippen LogP contribution in [0.2, 0.25) is 0 Å². The molecular weight excluding hydrogens is 400 g/mol. The van der Waals surface area contributed by atoms with Crippen LogP contribution in [-0.2, 0) is 24.0 Å². The van der Waals surface area contributed by atoms with Crippen molar-refractivity contribution in [3.8, 4) is 0 Å². The minimum absolute atomic E-state index is 0.615. The topological polar surface area (TPSA) is 59.9 Å². The zero-order chi connectivity index (χ0) is 20.4. The molecule has 156 valence electrons. The number of hydrogen-bond donors (Lipinski definition) is 1. The number of thiophene rings is 1. The van der Waals surface area contributed by atoms with E-state index in [1.807, 2.05) is 13.2 Å². The lowest BCUT2D eigenvalue weighted by Gasteiger charge is -2.11. The lowest BCUT2D eigenvalue weighted by Crippen LogP contribution is -2.07. The molecule has 0 bridgehead atoms. The molecule has 0 aromatic carbocycles. The second kappa shape index (κ2) is 9.14. The molecule has 3 aromatic rings. The van der Waals surface area contributed by atoms with Gasteiger partial charge in [-0.2, -0.15) is 0 Å². The molecule has 0 aliphatic heterocycles. The van der Waals surface area contributed by atoms with Crippen molar-refractivity contribution in [3.05, 3.63) is 16.8 Å². The predicted molar refractivity (Wildman–Crippen MR) is 125 cm³/mol. The summed E-state index contributed by atoms with van der Waals surface area (Å²) in [6.07, 6.45) is 7.57. The van der Waals surface area contributed by atoms with E-state index in [2.05, 4.69) is 19.2 Å². The smallest absolute Gasteiger partial charge is 0.189 e. The van der Waals surface area contributed by atoms with Crippen LogP contribution >= 0.6 is 23.1 Å². The summed E-state index contributed by atoms with van der Waals surface area (Å²) in [6, 6.07) is 0. The monoisotopic (exact) mass is 430 g/mol. The van der Waals surface area contributed by atoms with Crippen molar-refractivity contribution in [2.24, 2.45) is 5.92 Å². The Balaban J connectivity index is 1.80. The second-order valence-corrected chi connectivity index (χ2v) is 9.74. The molecule has 1 aliphatic carbocycles. The Labute approximate surface area is 181 Å². The number of aromatic nitrogens is 3. The fraction of sp³-hybridized carbons (Fsp3) is 0.591. The molecule has 0 spiro atoms. The normalized spacial score (nSPS) is 13.7. The molecule has 0 amide bonds. The molecule has 0 saturated heterocycles. The third-order valence-electron chi connectivity index (χ3n) is 5.35. The van der Waals surface area contributed by atoms with Crippen LogP contribution in [0.1, 0.15) is 50.4 Å². The lowest BCUT2D eigenvalue weighted by atomic mass is 9.99. The molecule has 1 aliphatic rings. The number of pyridine rings is 1. The summed E-state index contributed by atoms with van der Waals surface area (Å²) in [4.78, 5) is 16.0. The third-order valence-corrected chi connectivity index (χ3v) is 6.97. The van der Waals surface area contributed by atoms with E-state index in [9.17, 15) is 0 Å². The summed E-state index contributed by atoms with van der Waals surface area (Å²) in [5.41, 5.74) is 5.36. The second-order valence-electron chi connectivity index (χ2n) is 7.96. The third kappa shape index (κ3) is 4.23. The number of thioether (sulfide) groups is 1. The first kappa shape index (κ1) is 20.8. The van der Waals surface area contributed by atoms with Gasteiger partial charge >= 0.3 is 0 Å². The highest BCUT2D eigenvalue weighted by atomic mass is 32.2. The Kier molecular flexibility index (Phi) is 6.56. The minimum Gasteiger partial charge on any atom is -0.382 e. The fourth-order valence-corrected chi connectivity index (χ4v) is 5.61. The number of ether oxygens (including phenoxy) is 1. The number of aryl methyl sites for hydroxylation is 1. The van der Waals surface area contributed by atoms with Crippen LogP contribution in [0.4, 0.5) is 5.82 Å². The van der Waals surface area contributed by atoms with E-state index in [1.165, 1.54) is 28.6 Å². The molecule has 5 nitrogen and oxygen atoms in total. The molecule has 1 N–H and O–H groups in total. The van der Waals surface area contributed by atoms with E-state index >= 15 is 0 Å². The zero-order valence-electron chi connectivity index (χ0n) is 17.8. The first-order chi connectivity index (χ1) is 14.1. The quantitative estimate of drug-likeness (QED) is 0.275. The van der Waals surface area contributed by atoms with Gasteiger partial charge in [-0.25, -0.2) is 15.0 Å². The van der Waals surface area contributed by atoms with Crippen molar-refractivity contribution in [1.29, 1.82) is 0 Å².